The van der Waals surface area contributed by atoms with E-state index >= 15 is 0 Å². The zero-order valence-electron chi connectivity index (χ0n) is 11.5. The highest BCUT2D eigenvalue weighted by atomic mass is 16.5. The average molecular weight is 262 g/mol. The molecule has 0 bridgehead atoms. The van der Waals surface area contributed by atoms with Gasteiger partial charge in [0, 0.05) is 12.2 Å². The molecule has 0 spiro atoms. The van der Waals surface area contributed by atoms with Crippen molar-refractivity contribution in [3.63, 3.8) is 0 Å². The first-order valence-corrected chi connectivity index (χ1v) is 6.92. The first kappa shape index (κ1) is 13.9. The molecule has 1 saturated heterocycles. The number of nitrogen functional groups attached to an aromatic ring is 1. The van der Waals surface area contributed by atoms with Gasteiger partial charge < -0.3 is 15.4 Å². The fraction of sp³-hybridized carbons (Fsp3) is 0.533. The topological polar surface area (TPSA) is 55.6 Å². The molecule has 0 radical (unpaired) electrons. The molecule has 0 aliphatic carbocycles. The molecule has 4 heteroatoms. The Morgan fingerprint density at radius 3 is 2.84 bits per heavy atom. The van der Waals surface area contributed by atoms with Crippen LogP contribution in [0, 0.1) is 6.92 Å². The lowest BCUT2D eigenvalue weighted by molar-refractivity contribution is 0.0492. The average Bonchev–Trinajstić information content (AvgIpc) is 2.90. The maximum atomic E-state index is 11.9. The summed E-state index contributed by atoms with van der Waals surface area (Å²) < 4.78 is 5.28. The zero-order chi connectivity index (χ0) is 13.7. The number of carbonyl (C=O) groups excluding carboxylic acids is 1. The minimum absolute atomic E-state index is 0.317. The van der Waals surface area contributed by atoms with Crippen molar-refractivity contribution in [1.29, 1.82) is 0 Å². The minimum Gasteiger partial charge on any atom is -0.462 e. The number of rotatable bonds is 5. The van der Waals surface area contributed by atoms with E-state index in [0.717, 1.165) is 18.5 Å². The molecule has 2 rings (SSSR count). The number of anilines is 1. The molecule has 1 aliphatic rings. The second-order valence-electron chi connectivity index (χ2n) is 5.13. The molecule has 4 nitrogen and oxygen atoms in total. The van der Waals surface area contributed by atoms with Crippen LogP contribution in [0.1, 0.15) is 35.2 Å². The molecule has 1 aromatic rings. The molecular formula is C15H22N2O2. The highest BCUT2D eigenvalue weighted by molar-refractivity contribution is 5.95. The first-order valence-electron chi connectivity index (χ1n) is 6.92. The molecule has 0 saturated carbocycles. The molecule has 104 valence electrons. The summed E-state index contributed by atoms with van der Waals surface area (Å²) in [5.74, 6) is -0.317. The van der Waals surface area contributed by atoms with E-state index in [2.05, 4.69) is 4.90 Å². The molecule has 1 aromatic carbocycles. The molecule has 0 amide bonds. The van der Waals surface area contributed by atoms with Crippen LogP contribution in [0.4, 0.5) is 5.69 Å². The smallest absolute Gasteiger partial charge is 0.340 e. The van der Waals surface area contributed by atoms with Gasteiger partial charge in [0.25, 0.3) is 0 Å². The molecular weight excluding hydrogens is 240 g/mol. The monoisotopic (exact) mass is 262 g/mol. The van der Waals surface area contributed by atoms with Gasteiger partial charge in [0.05, 0.1) is 12.2 Å². The van der Waals surface area contributed by atoms with Crippen LogP contribution in [0.15, 0.2) is 18.2 Å². The van der Waals surface area contributed by atoms with Gasteiger partial charge in [-0.05, 0) is 51.4 Å². The van der Waals surface area contributed by atoms with Gasteiger partial charge in [-0.1, -0.05) is 11.6 Å². The molecule has 2 N–H and O–H groups in total. The Morgan fingerprint density at radius 1 is 1.37 bits per heavy atom. The van der Waals surface area contributed by atoms with E-state index < -0.39 is 0 Å². The third-order valence-corrected chi connectivity index (χ3v) is 3.48. The highest BCUT2D eigenvalue weighted by Crippen LogP contribution is 2.15. The molecule has 0 aromatic heterocycles. The Morgan fingerprint density at radius 2 is 2.11 bits per heavy atom. The van der Waals surface area contributed by atoms with Crippen molar-refractivity contribution in [3.8, 4) is 0 Å². The Kier molecular flexibility index (Phi) is 4.80. The summed E-state index contributed by atoms with van der Waals surface area (Å²) in [5, 5.41) is 0. The standard InChI is InChI=1S/C15H22N2O2/c1-12-5-6-14(16)13(11-12)15(18)19-10-4-9-17-7-2-3-8-17/h5-6,11H,2-4,7-10,16H2,1H3. The fourth-order valence-electron chi connectivity index (χ4n) is 2.38. The highest BCUT2D eigenvalue weighted by Gasteiger charge is 2.13. The van der Waals surface area contributed by atoms with E-state index in [9.17, 15) is 4.79 Å². The van der Waals surface area contributed by atoms with Crippen LogP contribution in [0.2, 0.25) is 0 Å². The maximum Gasteiger partial charge on any atom is 0.340 e. The van der Waals surface area contributed by atoms with E-state index in [0.29, 0.717) is 17.9 Å². The van der Waals surface area contributed by atoms with Crippen LogP contribution in [0.3, 0.4) is 0 Å². The van der Waals surface area contributed by atoms with Crippen molar-refractivity contribution in [3.05, 3.63) is 29.3 Å². The molecule has 0 unspecified atom stereocenters. The third-order valence-electron chi connectivity index (χ3n) is 3.48. The lowest BCUT2D eigenvalue weighted by atomic mass is 10.1. The van der Waals surface area contributed by atoms with Gasteiger partial charge in [0.15, 0.2) is 0 Å². The zero-order valence-corrected chi connectivity index (χ0v) is 11.5. The maximum absolute atomic E-state index is 11.9. The predicted octanol–water partition coefficient (Wildman–Crippen LogP) is 2.22. The van der Waals surface area contributed by atoms with Gasteiger partial charge in [0.1, 0.15) is 0 Å². The summed E-state index contributed by atoms with van der Waals surface area (Å²) in [6.45, 7) is 5.76. The predicted molar refractivity (Wildman–Crippen MR) is 76.2 cm³/mol. The van der Waals surface area contributed by atoms with Gasteiger partial charge in [0.2, 0.25) is 0 Å². The summed E-state index contributed by atoms with van der Waals surface area (Å²) in [7, 11) is 0. The van der Waals surface area contributed by atoms with E-state index in [1.165, 1.54) is 25.9 Å². The lowest BCUT2D eigenvalue weighted by Crippen LogP contribution is -2.22. The Hall–Kier alpha value is -1.55. The number of hydrogen-bond donors (Lipinski definition) is 1. The molecule has 1 heterocycles. The normalized spacial score (nSPS) is 15.6. The molecule has 19 heavy (non-hydrogen) atoms. The molecule has 1 fully saturated rings. The number of esters is 1. The third kappa shape index (κ3) is 3.96. The fourth-order valence-corrected chi connectivity index (χ4v) is 2.38. The van der Waals surface area contributed by atoms with Crippen molar-refractivity contribution >= 4 is 11.7 Å². The Labute approximate surface area is 114 Å². The van der Waals surface area contributed by atoms with Crippen molar-refractivity contribution in [2.45, 2.75) is 26.2 Å². The van der Waals surface area contributed by atoms with Crippen LogP contribution in [-0.4, -0.2) is 37.1 Å². The Bertz CT molecular complexity index is 440. The van der Waals surface area contributed by atoms with Crippen LogP contribution >= 0.6 is 0 Å². The summed E-state index contributed by atoms with van der Waals surface area (Å²) in [5.41, 5.74) is 7.75. The summed E-state index contributed by atoms with van der Waals surface area (Å²) in [6.07, 6.45) is 3.47. The molecule has 0 atom stereocenters. The number of ether oxygens (including phenoxy) is 1. The number of hydrogen-bond acceptors (Lipinski definition) is 4. The van der Waals surface area contributed by atoms with E-state index in [-0.39, 0.29) is 5.97 Å². The van der Waals surface area contributed by atoms with Crippen LogP contribution in [0.25, 0.3) is 0 Å². The van der Waals surface area contributed by atoms with Crippen molar-refractivity contribution < 1.29 is 9.53 Å². The summed E-state index contributed by atoms with van der Waals surface area (Å²) >= 11 is 0. The summed E-state index contributed by atoms with van der Waals surface area (Å²) in [6, 6.07) is 5.41. The lowest BCUT2D eigenvalue weighted by Gasteiger charge is -2.14. The van der Waals surface area contributed by atoms with Crippen LogP contribution in [-0.2, 0) is 4.74 Å². The second-order valence-corrected chi connectivity index (χ2v) is 5.13. The number of nitrogens with two attached hydrogens (primary N) is 1. The minimum atomic E-state index is -0.317. The Balaban J connectivity index is 1.75. The van der Waals surface area contributed by atoms with Crippen molar-refractivity contribution in [2.24, 2.45) is 0 Å². The van der Waals surface area contributed by atoms with Crippen molar-refractivity contribution in [2.75, 3.05) is 32.0 Å². The second kappa shape index (κ2) is 6.57. The number of aryl methyl sites for hydroxylation is 1. The van der Waals surface area contributed by atoms with Crippen molar-refractivity contribution in [1.82, 2.24) is 4.90 Å². The van der Waals surface area contributed by atoms with E-state index in [1.54, 1.807) is 12.1 Å². The number of likely N-dealkylation sites (tertiary alicyclic amines) is 1. The van der Waals surface area contributed by atoms with Gasteiger partial charge in [-0.3, -0.25) is 0 Å². The molecule has 1 aliphatic heterocycles. The van der Waals surface area contributed by atoms with Gasteiger partial charge in [-0.2, -0.15) is 0 Å². The largest absolute Gasteiger partial charge is 0.462 e. The van der Waals surface area contributed by atoms with E-state index in [1.807, 2.05) is 13.0 Å². The van der Waals surface area contributed by atoms with Gasteiger partial charge in [-0.25, -0.2) is 4.79 Å². The number of carbonyl (C=O) groups is 1. The first-order chi connectivity index (χ1) is 9.16. The van der Waals surface area contributed by atoms with Gasteiger partial charge >= 0.3 is 5.97 Å². The van der Waals surface area contributed by atoms with E-state index in [4.69, 9.17) is 10.5 Å². The van der Waals surface area contributed by atoms with Crippen LogP contribution in [0.5, 0.6) is 0 Å². The number of benzene rings is 1. The quantitative estimate of drug-likeness (QED) is 0.502. The van der Waals surface area contributed by atoms with Crippen LogP contribution < -0.4 is 5.73 Å². The van der Waals surface area contributed by atoms with Gasteiger partial charge in [-0.15, -0.1) is 0 Å². The number of nitrogens with zero attached hydrogens (tertiary/aromatic N) is 1. The summed E-state index contributed by atoms with van der Waals surface area (Å²) in [4.78, 5) is 14.3. The SMILES string of the molecule is Cc1ccc(N)c(C(=O)OCCCN2CCCC2)c1.